The molecule has 0 radical (unpaired) electrons. The highest BCUT2D eigenvalue weighted by Gasteiger charge is 2.28. The number of nitrogens with one attached hydrogen (secondary N) is 2. The first kappa shape index (κ1) is 13.9. The summed E-state index contributed by atoms with van der Waals surface area (Å²) in [7, 11) is -1.33. The van der Waals surface area contributed by atoms with E-state index in [2.05, 4.69) is 23.9 Å². The largest absolute Gasteiger partial charge is 0.319 e. The molecule has 0 aromatic heterocycles. The van der Waals surface area contributed by atoms with Gasteiger partial charge >= 0.3 is 0 Å². The van der Waals surface area contributed by atoms with Crippen LogP contribution < -0.4 is 10.0 Å². The van der Waals surface area contributed by atoms with Crippen LogP contribution in [-0.4, -0.2) is 33.8 Å². The first-order chi connectivity index (χ1) is 7.35. The number of hydrogen-bond donors (Lipinski definition) is 2. The first-order valence-electron chi connectivity index (χ1n) is 5.99. The lowest BCUT2D eigenvalue weighted by Crippen LogP contribution is -2.41. The molecule has 0 amide bonds. The number of rotatable bonds is 5. The Morgan fingerprint density at radius 3 is 2.31 bits per heavy atom. The van der Waals surface area contributed by atoms with E-state index in [1.165, 1.54) is 0 Å². The Kier molecular flexibility index (Phi) is 4.76. The van der Waals surface area contributed by atoms with E-state index in [-0.39, 0.29) is 11.8 Å². The molecule has 0 aromatic carbocycles. The standard InChI is InChI=1S/C11H24N2O2S/c1-11(2)6-4-10(5-7-11)13-16(14,15)9-8-12-3/h10,12-13H,4-9H2,1-3H3. The Hall–Kier alpha value is -0.130. The summed E-state index contributed by atoms with van der Waals surface area (Å²) < 4.78 is 26.1. The topological polar surface area (TPSA) is 58.2 Å². The molecule has 2 N–H and O–H groups in total. The summed E-state index contributed by atoms with van der Waals surface area (Å²) in [6, 6.07) is 0.148. The highest BCUT2D eigenvalue weighted by Crippen LogP contribution is 2.35. The molecule has 1 saturated carbocycles. The van der Waals surface area contributed by atoms with E-state index in [1.807, 2.05) is 0 Å². The van der Waals surface area contributed by atoms with E-state index in [1.54, 1.807) is 7.05 Å². The molecule has 0 spiro atoms. The second-order valence-electron chi connectivity index (χ2n) is 5.48. The van der Waals surface area contributed by atoms with Gasteiger partial charge in [-0.3, -0.25) is 0 Å². The summed E-state index contributed by atoms with van der Waals surface area (Å²) >= 11 is 0. The summed E-state index contributed by atoms with van der Waals surface area (Å²) in [5, 5.41) is 2.85. The Balaban J connectivity index is 2.38. The van der Waals surface area contributed by atoms with Crippen LogP contribution in [0.5, 0.6) is 0 Å². The molecule has 0 heterocycles. The summed E-state index contributed by atoms with van der Waals surface area (Å²) in [4.78, 5) is 0. The number of sulfonamides is 1. The van der Waals surface area contributed by atoms with Crippen LogP contribution in [0, 0.1) is 5.41 Å². The summed E-state index contributed by atoms with van der Waals surface area (Å²) in [5.41, 5.74) is 0.382. The van der Waals surface area contributed by atoms with Crippen molar-refractivity contribution in [3.63, 3.8) is 0 Å². The van der Waals surface area contributed by atoms with Gasteiger partial charge in [-0.25, -0.2) is 13.1 Å². The fourth-order valence-corrected chi connectivity index (χ4v) is 3.40. The van der Waals surface area contributed by atoms with E-state index in [4.69, 9.17) is 0 Å². The minimum absolute atomic E-state index is 0.148. The lowest BCUT2D eigenvalue weighted by Gasteiger charge is -2.34. The molecule has 4 nitrogen and oxygen atoms in total. The lowest BCUT2D eigenvalue weighted by molar-refractivity contribution is 0.218. The molecule has 0 unspecified atom stereocenters. The fourth-order valence-electron chi connectivity index (χ4n) is 2.07. The van der Waals surface area contributed by atoms with Gasteiger partial charge in [-0.05, 0) is 38.1 Å². The zero-order chi connectivity index (χ0) is 12.2. The van der Waals surface area contributed by atoms with Gasteiger partial charge in [0.1, 0.15) is 0 Å². The van der Waals surface area contributed by atoms with Crippen LogP contribution in [0.1, 0.15) is 39.5 Å². The molecule has 0 saturated heterocycles. The minimum atomic E-state index is -3.09. The molecule has 1 fully saturated rings. The van der Waals surface area contributed by atoms with Crippen LogP contribution in [0.3, 0.4) is 0 Å². The lowest BCUT2D eigenvalue weighted by atomic mass is 9.76. The van der Waals surface area contributed by atoms with Crippen LogP contribution >= 0.6 is 0 Å². The second kappa shape index (κ2) is 5.47. The molecule has 1 aliphatic carbocycles. The summed E-state index contributed by atoms with van der Waals surface area (Å²) in [5.74, 6) is 0.170. The van der Waals surface area contributed by atoms with Crippen molar-refractivity contribution in [2.24, 2.45) is 5.41 Å². The molecule has 1 aliphatic rings. The van der Waals surface area contributed by atoms with Gasteiger partial charge in [0.25, 0.3) is 0 Å². The Bertz CT molecular complexity index is 302. The SMILES string of the molecule is CNCCS(=O)(=O)NC1CCC(C)(C)CC1. The zero-order valence-corrected chi connectivity index (χ0v) is 11.4. The van der Waals surface area contributed by atoms with E-state index in [9.17, 15) is 8.42 Å². The van der Waals surface area contributed by atoms with E-state index in [0.29, 0.717) is 12.0 Å². The van der Waals surface area contributed by atoms with Crippen molar-refractivity contribution in [2.75, 3.05) is 19.3 Å². The predicted octanol–water partition coefficient (Wildman–Crippen LogP) is 1.09. The van der Waals surface area contributed by atoms with Gasteiger partial charge in [0.15, 0.2) is 0 Å². The third-order valence-corrected chi connectivity index (χ3v) is 4.74. The van der Waals surface area contributed by atoms with E-state index < -0.39 is 10.0 Å². The van der Waals surface area contributed by atoms with Gasteiger partial charge in [0, 0.05) is 12.6 Å². The third kappa shape index (κ3) is 4.80. The smallest absolute Gasteiger partial charge is 0.213 e. The third-order valence-electron chi connectivity index (χ3n) is 3.31. The molecular formula is C11H24N2O2S. The summed E-state index contributed by atoms with van der Waals surface area (Å²) in [6.07, 6.45) is 4.13. The van der Waals surface area contributed by atoms with Crippen LogP contribution in [0.25, 0.3) is 0 Å². The maximum absolute atomic E-state index is 11.7. The zero-order valence-electron chi connectivity index (χ0n) is 10.5. The van der Waals surface area contributed by atoms with Crippen molar-refractivity contribution in [2.45, 2.75) is 45.6 Å². The van der Waals surface area contributed by atoms with Crippen LogP contribution in [0.2, 0.25) is 0 Å². The van der Waals surface area contributed by atoms with Gasteiger partial charge in [-0.2, -0.15) is 0 Å². The van der Waals surface area contributed by atoms with Gasteiger partial charge in [-0.15, -0.1) is 0 Å². The monoisotopic (exact) mass is 248 g/mol. The van der Waals surface area contributed by atoms with Gasteiger partial charge in [-0.1, -0.05) is 13.8 Å². The molecule has 0 aliphatic heterocycles. The summed E-state index contributed by atoms with van der Waals surface area (Å²) in [6.45, 7) is 5.00. The van der Waals surface area contributed by atoms with Crippen molar-refractivity contribution < 1.29 is 8.42 Å². The second-order valence-corrected chi connectivity index (χ2v) is 7.35. The van der Waals surface area contributed by atoms with Crippen LogP contribution in [0.4, 0.5) is 0 Å². The molecule has 0 bridgehead atoms. The van der Waals surface area contributed by atoms with Gasteiger partial charge in [0.2, 0.25) is 10.0 Å². The maximum atomic E-state index is 11.7. The van der Waals surface area contributed by atoms with Crippen molar-refractivity contribution in [3.8, 4) is 0 Å². The molecule has 1 rings (SSSR count). The Morgan fingerprint density at radius 1 is 1.25 bits per heavy atom. The quantitative estimate of drug-likeness (QED) is 0.766. The number of hydrogen-bond acceptors (Lipinski definition) is 3. The Labute approximate surface area is 99.2 Å². The van der Waals surface area contributed by atoms with E-state index in [0.717, 1.165) is 25.7 Å². The van der Waals surface area contributed by atoms with Crippen LogP contribution in [0.15, 0.2) is 0 Å². The van der Waals surface area contributed by atoms with Crippen molar-refractivity contribution in [1.82, 2.24) is 10.0 Å². The maximum Gasteiger partial charge on any atom is 0.213 e. The van der Waals surface area contributed by atoms with Crippen molar-refractivity contribution >= 4 is 10.0 Å². The van der Waals surface area contributed by atoms with E-state index >= 15 is 0 Å². The molecule has 0 atom stereocenters. The predicted molar refractivity (Wildman–Crippen MR) is 66.9 cm³/mol. The van der Waals surface area contributed by atoms with Gasteiger partial charge < -0.3 is 5.32 Å². The highest BCUT2D eigenvalue weighted by molar-refractivity contribution is 7.89. The minimum Gasteiger partial charge on any atom is -0.319 e. The van der Waals surface area contributed by atoms with Crippen molar-refractivity contribution in [3.05, 3.63) is 0 Å². The first-order valence-corrected chi connectivity index (χ1v) is 7.64. The molecule has 16 heavy (non-hydrogen) atoms. The molecule has 96 valence electrons. The van der Waals surface area contributed by atoms with Crippen molar-refractivity contribution in [1.29, 1.82) is 0 Å². The molecular weight excluding hydrogens is 224 g/mol. The average Bonchev–Trinajstić information content (AvgIpc) is 2.18. The molecule has 5 heteroatoms. The Morgan fingerprint density at radius 2 is 1.81 bits per heavy atom. The fraction of sp³-hybridized carbons (Fsp3) is 1.00. The average molecular weight is 248 g/mol. The molecule has 0 aromatic rings. The highest BCUT2D eigenvalue weighted by atomic mass is 32.2. The van der Waals surface area contributed by atoms with Gasteiger partial charge in [0.05, 0.1) is 5.75 Å². The normalized spacial score (nSPS) is 22.2. The van der Waals surface area contributed by atoms with Crippen LogP contribution in [-0.2, 0) is 10.0 Å².